The number of nitrogens with two attached hydrogens (primary N) is 2. The Balaban J connectivity index is 1.27. The minimum atomic E-state index is -0.0786. The van der Waals surface area contributed by atoms with Crippen molar-refractivity contribution in [3.05, 3.63) is 144 Å². The molecule has 0 spiro atoms. The Morgan fingerprint density at radius 3 is 1.25 bits per heavy atom. The van der Waals surface area contributed by atoms with Gasteiger partial charge in [-0.2, -0.15) is 0 Å². The summed E-state index contributed by atoms with van der Waals surface area (Å²) in [5.41, 5.74) is 17.1. The molecule has 0 saturated heterocycles. The Bertz CT molecular complexity index is 1430. The first-order valence-corrected chi connectivity index (χ1v) is 13.9. The van der Waals surface area contributed by atoms with Crippen molar-refractivity contribution in [1.82, 2.24) is 0 Å². The smallest absolute Gasteiger partial charge is 0.127 e. The molecule has 4 nitrogen and oxygen atoms in total. The van der Waals surface area contributed by atoms with Crippen LogP contribution in [0.5, 0.6) is 23.0 Å². The van der Waals surface area contributed by atoms with E-state index in [9.17, 15) is 0 Å². The SMILES string of the molecule is Nc1ccc(Oc2ccc(C3(c4ccc(Oc5ccc(N)cc5)cc4)CCC(c4ccccc4)CC3)cc2)cc1. The third kappa shape index (κ3) is 5.52. The van der Waals surface area contributed by atoms with Crippen LogP contribution in [0.1, 0.15) is 48.3 Å². The van der Waals surface area contributed by atoms with Crippen LogP contribution in [0.2, 0.25) is 0 Å². The molecule has 6 rings (SSSR count). The molecule has 0 aliphatic heterocycles. The van der Waals surface area contributed by atoms with Crippen molar-refractivity contribution in [2.75, 3.05) is 11.5 Å². The van der Waals surface area contributed by atoms with E-state index < -0.39 is 0 Å². The summed E-state index contributed by atoms with van der Waals surface area (Å²) < 4.78 is 12.2. The molecule has 0 unspecified atom stereocenters. The highest BCUT2D eigenvalue weighted by atomic mass is 16.5. The molecular formula is C36H34N2O2. The molecule has 0 heterocycles. The van der Waals surface area contributed by atoms with Crippen LogP contribution >= 0.6 is 0 Å². The second-order valence-corrected chi connectivity index (χ2v) is 10.7. The zero-order valence-electron chi connectivity index (χ0n) is 22.5. The minimum Gasteiger partial charge on any atom is -0.457 e. The van der Waals surface area contributed by atoms with Crippen LogP contribution in [0.3, 0.4) is 0 Å². The lowest BCUT2D eigenvalue weighted by atomic mass is 9.62. The van der Waals surface area contributed by atoms with Crippen molar-refractivity contribution in [2.45, 2.75) is 37.0 Å². The van der Waals surface area contributed by atoms with Gasteiger partial charge < -0.3 is 20.9 Å². The number of ether oxygens (including phenoxy) is 2. The molecule has 0 radical (unpaired) electrons. The van der Waals surface area contributed by atoms with E-state index in [1.54, 1.807) is 0 Å². The maximum atomic E-state index is 6.09. The first kappa shape index (κ1) is 25.6. The van der Waals surface area contributed by atoms with Gasteiger partial charge >= 0.3 is 0 Å². The first-order chi connectivity index (χ1) is 19.6. The maximum absolute atomic E-state index is 6.09. The van der Waals surface area contributed by atoms with Gasteiger partial charge in [-0.15, -0.1) is 0 Å². The Morgan fingerprint density at radius 2 is 0.850 bits per heavy atom. The number of hydrogen-bond acceptors (Lipinski definition) is 4. The molecular weight excluding hydrogens is 492 g/mol. The Kier molecular flexibility index (Phi) is 7.15. The van der Waals surface area contributed by atoms with E-state index in [1.807, 2.05) is 48.5 Å². The van der Waals surface area contributed by atoms with Gasteiger partial charge in [-0.1, -0.05) is 54.6 Å². The van der Waals surface area contributed by atoms with Crippen LogP contribution in [0.25, 0.3) is 0 Å². The zero-order chi connectivity index (χ0) is 27.4. The number of rotatable bonds is 7. The normalized spacial score (nSPS) is 14.9. The standard InChI is InChI=1S/C36H34N2O2/c37-30-10-18-34(19-11-30)39-32-14-6-28(7-15-32)36(24-22-27(23-25-36)26-4-2-1-3-5-26)29-8-16-33(17-9-29)40-35-20-12-31(38)13-21-35/h1-21,27H,22-25,37-38H2. The Labute approximate surface area is 236 Å². The van der Waals surface area contributed by atoms with Crippen LogP contribution in [-0.4, -0.2) is 0 Å². The van der Waals surface area contributed by atoms with Gasteiger partial charge in [0.05, 0.1) is 0 Å². The predicted octanol–water partition coefficient (Wildman–Crippen LogP) is 9.08. The predicted molar refractivity (Wildman–Crippen MR) is 163 cm³/mol. The fourth-order valence-electron chi connectivity index (χ4n) is 5.94. The number of anilines is 2. The van der Waals surface area contributed by atoms with E-state index in [4.69, 9.17) is 20.9 Å². The average Bonchev–Trinajstić information content (AvgIpc) is 3.01. The van der Waals surface area contributed by atoms with Crippen molar-refractivity contribution in [3.63, 3.8) is 0 Å². The van der Waals surface area contributed by atoms with Gasteiger partial charge in [-0.3, -0.25) is 0 Å². The molecule has 0 bridgehead atoms. The Hall–Kier alpha value is -4.70. The molecule has 1 aliphatic rings. The molecule has 4 N–H and O–H groups in total. The molecule has 5 aromatic carbocycles. The summed E-state index contributed by atoms with van der Waals surface area (Å²) >= 11 is 0. The average molecular weight is 527 g/mol. The number of benzene rings is 5. The molecule has 1 saturated carbocycles. The molecule has 0 atom stereocenters. The van der Waals surface area contributed by atoms with Gasteiger partial charge in [0.2, 0.25) is 0 Å². The van der Waals surface area contributed by atoms with Gasteiger partial charge in [0.15, 0.2) is 0 Å². The highest BCUT2D eigenvalue weighted by Gasteiger charge is 2.38. The van der Waals surface area contributed by atoms with Crippen LogP contribution < -0.4 is 20.9 Å². The number of hydrogen-bond donors (Lipinski definition) is 2. The number of nitrogen functional groups attached to an aromatic ring is 2. The molecule has 40 heavy (non-hydrogen) atoms. The molecule has 0 aromatic heterocycles. The summed E-state index contributed by atoms with van der Waals surface area (Å²) in [4.78, 5) is 0. The van der Waals surface area contributed by atoms with Crippen LogP contribution in [-0.2, 0) is 5.41 Å². The van der Waals surface area contributed by atoms with Crippen molar-refractivity contribution >= 4 is 11.4 Å². The molecule has 5 aromatic rings. The second-order valence-electron chi connectivity index (χ2n) is 10.7. The summed E-state index contributed by atoms with van der Waals surface area (Å²) in [6, 6.07) is 43.1. The van der Waals surface area contributed by atoms with Crippen LogP contribution in [0.4, 0.5) is 11.4 Å². The maximum Gasteiger partial charge on any atom is 0.127 e. The zero-order valence-corrected chi connectivity index (χ0v) is 22.5. The summed E-state index contributed by atoms with van der Waals surface area (Å²) in [7, 11) is 0. The van der Waals surface area contributed by atoms with E-state index in [2.05, 4.69) is 78.9 Å². The monoisotopic (exact) mass is 526 g/mol. The lowest BCUT2D eigenvalue weighted by Gasteiger charge is -2.41. The summed E-state index contributed by atoms with van der Waals surface area (Å²) in [6.07, 6.45) is 4.42. The molecule has 1 aliphatic carbocycles. The fourth-order valence-corrected chi connectivity index (χ4v) is 5.94. The largest absolute Gasteiger partial charge is 0.457 e. The third-order valence-electron chi connectivity index (χ3n) is 8.16. The van der Waals surface area contributed by atoms with Crippen molar-refractivity contribution < 1.29 is 9.47 Å². The van der Waals surface area contributed by atoms with E-state index in [0.717, 1.165) is 60.1 Å². The van der Waals surface area contributed by atoms with E-state index in [1.165, 1.54) is 16.7 Å². The molecule has 4 heteroatoms. The van der Waals surface area contributed by atoms with E-state index >= 15 is 0 Å². The summed E-state index contributed by atoms with van der Waals surface area (Å²) in [5.74, 6) is 3.76. The van der Waals surface area contributed by atoms with Crippen molar-refractivity contribution in [1.29, 1.82) is 0 Å². The fraction of sp³-hybridized carbons (Fsp3) is 0.167. The highest BCUT2D eigenvalue weighted by molar-refractivity contribution is 5.48. The highest BCUT2D eigenvalue weighted by Crippen LogP contribution is 2.49. The van der Waals surface area contributed by atoms with E-state index in [-0.39, 0.29) is 5.41 Å². The Morgan fingerprint density at radius 1 is 0.475 bits per heavy atom. The first-order valence-electron chi connectivity index (χ1n) is 13.9. The van der Waals surface area contributed by atoms with Gasteiger partial charge in [0.1, 0.15) is 23.0 Å². The van der Waals surface area contributed by atoms with Gasteiger partial charge in [0, 0.05) is 16.8 Å². The van der Waals surface area contributed by atoms with Crippen molar-refractivity contribution in [3.8, 4) is 23.0 Å². The third-order valence-corrected chi connectivity index (χ3v) is 8.16. The van der Waals surface area contributed by atoms with Gasteiger partial charge in [0.25, 0.3) is 0 Å². The topological polar surface area (TPSA) is 70.5 Å². The van der Waals surface area contributed by atoms with Crippen LogP contribution in [0.15, 0.2) is 127 Å². The summed E-state index contributed by atoms with van der Waals surface area (Å²) in [5, 5.41) is 0. The lowest BCUT2D eigenvalue weighted by Crippen LogP contribution is -2.32. The molecule has 200 valence electrons. The molecule has 0 amide bonds. The second kappa shape index (κ2) is 11.2. The quantitative estimate of drug-likeness (QED) is 0.208. The van der Waals surface area contributed by atoms with Gasteiger partial charge in [-0.05, 0) is 121 Å². The lowest BCUT2D eigenvalue weighted by molar-refractivity contribution is 0.314. The van der Waals surface area contributed by atoms with Crippen LogP contribution in [0, 0.1) is 0 Å². The molecule has 1 fully saturated rings. The summed E-state index contributed by atoms with van der Waals surface area (Å²) in [6.45, 7) is 0. The van der Waals surface area contributed by atoms with Crippen molar-refractivity contribution in [2.24, 2.45) is 0 Å². The van der Waals surface area contributed by atoms with E-state index in [0.29, 0.717) is 5.92 Å². The van der Waals surface area contributed by atoms with Gasteiger partial charge in [-0.25, -0.2) is 0 Å². The minimum absolute atomic E-state index is 0.0786.